The molecule has 6 heteroatoms. The Morgan fingerprint density at radius 1 is 1.03 bits per heavy atom. The van der Waals surface area contributed by atoms with Crippen LogP contribution in [0.2, 0.25) is 0 Å². The molecule has 0 saturated heterocycles. The van der Waals surface area contributed by atoms with Crippen LogP contribution in [0.15, 0.2) is 54.5 Å². The Labute approximate surface area is 178 Å². The molecule has 1 aliphatic heterocycles. The lowest BCUT2D eigenvalue weighted by atomic mass is 10.0. The van der Waals surface area contributed by atoms with Gasteiger partial charge in [0.2, 0.25) is 0 Å². The lowest BCUT2D eigenvalue weighted by molar-refractivity contribution is -0.135. The molecular weight excluding hydrogens is 378 g/mol. The molecule has 3 rings (SSSR count). The van der Waals surface area contributed by atoms with Crippen LogP contribution in [0.25, 0.3) is 5.57 Å². The number of likely N-dealkylation sites (N-methyl/N-ethyl adjacent to an activating group) is 2. The summed E-state index contributed by atoms with van der Waals surface area (Å²) < 4.78 is 5.74. The molecule has 0 bridgehead atoms. The third-order valence-corrected chi connectivity index (χ3v) is 5.11. The van der Waals surface area contributed by atoms with E-state index in [1.165, 1.54) is 11.9 Å². The Hall–Kier alpha value is -3.15. The van der Waals surface area contributed by atoms with Crippen molar-refractivity contribution in [2.45, 2.75) is 27.2 Å². The van der Waals surface area contributed by atoms with E-state index >= 15 is 0 Å². The van der Waals surface area contributed by atoms with Gasteiger partial charge < -0.3 is 9.64 Å². The first kappa shape index (κ1) is 21.6. The minimum atomic E-state index is -0.270. The Kier molecular flexibility index (Phi) is 6.87. The lowest BCUT2D eigenvalue weighted by Gasteiger charge is -2.24. The first-order valence-electron chi connectivity index (χ1n) is 10.4. The molecule has 2 heterocycles. The number of aromatic nitrogens is 1. The van der Waals surface area contributed by atoms with Crippen molar-refractivity contribution in [1.29, 1.82) is 0 Å². The second-order valence-electron chi connectivity index (χ2n) is 7.81. The maximum Gasteiger partial charge on any atom is 0.277 e. The summed E-state index contributed by atoms with van der Waals surface area (Å²) in [4.78, 5) is 33.1. The molecule has 0 saturated carbocycles. The van der Waals surface area contributed by atoms with Crippen molar-refractivity contribution in [3.05, 3.63) is 65.6 Å². The van der Waals surface area contributed by atoms with Crippen LogP contribution in [0.1, 0.15) is 31.9 Å². The average molecular weight is 408 g/mol. The van der Waals surface area contributed by atoms with Gasteiger partial charge >= 0.3 is 0 Å². The number of carbonyl (C=O) groups excluding carboxylic acids is 2. The highest BCUT2D eigenvalue weighted by molar-refractivity contribution is 6.35. The molecule has 1 aromatic carbocycles. The molecule has 0 fully saturated rings. The largest absolute Gasteiger partial charge is 0.493 e. The second-order valence-corrected chi connectivity index (χ2v) is 7.81. The Balaban J connectivity index is 1.89. The maximum absolute atomic E-state index is 12.9. The molecule has 1 aliphatic rings. The van der Waals surface area contributed by atoms with Crippen molar-refractivity contribution in [2.75, 3.05) is 26.7 Å². The Morgan fingerprint density at radius 2 is 1.70 bits per heavy atom. The number of hydrogen-bond acceptors (Lipinski definition) is 5. The minimum Gasteiger partial charge on any atom is -0.493 e. The normalized spacial score (nSPS) is 14.1. The lowest BCUT2D eigenvalue weighted by Crippen LogP contribution is -2.33. The Morgan fingerprint density at radius 3 is 2.30 bits per heavy atom. The van der Waals surface area contributed by atoms with Crippen LogP contribution in [0.4, 0.5) is 0 Å². The zero-order chi connectivity index (χ0) is 21.7. The van der Waals surface area contributed by atoms with Gasteiger partial charge in [-0.1, -0.05) is 26.0 Å². The average Bonchev–Trinajstić information content (AvgIpc) is 2.98. The van der Waals surface area contributed by atoms with E-state index < -0.39 is 0 Å². The van der Waals surface area contributed by atoms with Gasteiger partial charge in [-0.2, -0.15) is 0 Å². The summed E-state index contributed by atoms with van der Waals surface area (Å²) in [5.74, 6) is 0.657. The minimum absolute atomic E-state index is 0.258. The molecule has 6 nitrogen and oxygen atoms in total. The highest BCUT2D eigenvalue weighted by atomic mass is 16.5. The number of nitrogens with zero attached hydrogens (tertiary/aromatic N) is 3. The van der Waals surface area contributed by atoms with Crippen LogP contribution in [-0.4, -0.2) is 53.3 Å². The van der Waals surface area contributed by atoms with E-state index in [0.29, 0.717) is 36.9 Å². The summed E-state index contributed by atoms with van der Waals surface area (Å²) in [5.41, 5.74) is 2.79. The highest BCUT2D eigenvalue weighted by Gasteiger charge is 2.39. The van der Waals surface area contributed by atoms with E-state index in [1.54, 1.807) is 12.4 Å². The molecule has 2 amide bonds. The predicted molar refractivity (Wildman–Crippen MR) is 117 cm³/mol. The van der Waals surface area contributed by atoms with Gasteiger partial charge in [-0.15, -0.1) is 0 Å². The second kappa shape index (κ2) is 9.57. The van der Waals surface area contributed by atoms with Crippen LogP contribution >= 0.6 is 0 Å². The molecular formula is C24H29N3O3. The summed E-state index contributed by atoms with van der Waals surface area (Å²) in [7, 11) is 1.54. The fraction of sp³-hybridized carbons (Fsp3) is 0.375. The van der Waals surface area contributed by atoms with Crippen molar-refractivity contribution < 1.29 is 14.3 Å². The monoisotopic (exact) mass is 407 g/mol. The number of rotatable bonds is 9. The molecule has 0 unspecified atom stereocenters. The van der Waals surface area contributed by atoms with Gasteiger partial charge in [0.15, 0.2) is 0 Å². The van der Waals surface area contributed by atoms with E-state index in [9.17, 15) is 9.59 Å². The topological polar surface area (TPSA) is 62.7 Å². The standard InChI is InChI=1S/C24H29N3O3/c1-5-27(15-12-18-10-13-25-14-11-18)22-21(23(28)26(4)24(22)29)19-6-8-20(9-7-19)30-16-17(2)3/h6-11,13-14,17H,5,12,15-16H2,1-4H3. The zero-order valence-corrected chi connectivity index (χ0v) is 18.1. The predicted octanol–water partition coefficient (Wildman–Crippen LogP) is 3.39. The summed E-state index contributed by atoms with van der Waals surface area (Å²) in [6.07, 6.45) is 4.29. The molecule has 0 N–H and O–H groups in total. The van der Waals surface area contributed by atoms with Gasteiger partial charge in [-0.25, -0.2) is 0 Å². The van der Waals surface area contributed by atoms with Gasteiger partial charge in [0.05, 0.1) is 12.2 Å². The van der Waals surface area contributed by atoms with E-state index in [4.69, 9.17) is 4.74 Å². The summed E-state index contributed by atoms with van der Waals surface area (Å²) in [6.45, 7) is 8.08. The van der Waals surface area contributed by atoms with Crippen molar-refractivity contribution in [3.63, 3.8) is 0 Å². The van der Waals surface area contributed by atoms with Gasteiger partial charge in [-0.05, 0) is 54.7 Å². The van der Waals surface area contributed by atoms with E-state index in [0.717, 1.165) is 23.3 Å². The summed E-state index contributed by atoms with van der Waals surface area (Å²) in [5, 5.41) is 0. The summed E-state index contributed by atoms with van der Waals surface area (Å²) >= 11 is 0. The molecule has 2 aromatic rings. The zero-order valence-electron chi connectivity index (χ0n) is 18.1. The van der Waals surface area contributed by atoms with Gasteiger partial charge in [0, 0.05) is 32.5 Å². The van der Waals surface area contributed by atoms with E-state index in [-0.39, 0.29) is 11.8 Å². The van der Waals surface area contributed by atoms with Gasteiger partial charge in [0.1, 0.15) is 11.4 Å². The SMILES string of the molecule is CCN(CCc1ccncc1)C1=C(c2ccc(OCC(C)C)cc2)C(=O)N(C)C1=O. The first-order chi connectivity index (χ1) is 14.4. The van der Waals surface area contributed by atoms with Crippen LogP contribution in [0, 0.1) is 5.92 Å². The molecule has 0 radical (unpaired) electrons. The maximum atomic E-state index is 12.9. The third-order valence-electron chi connectivity index (χ3n) is 5.11. The number of pyridine rings is 1. The van der Waals surface area contributed by atoms with Crippen LogP contribution in [0.5, 0.6) is 5.75 Å². The highest BCUT2D eigenvalue weighted by Crippen LogP contribution is 2.31. The molecule has 0 atom stereocenters. The smallest absolute Gasteiger partial charge is 0.277 e. The fourth-order valence-electron chi connectivity index (χ4n) is 3.40. The fourth-order valence-corrected chi connectivity index (χ4v) is 3.40. The number of hydrogen-bond donors (Lipinski definition) is 0. The quantitative estimate of drug-likeness (QED) is 0.596. The number of benzene rings is 1. The van der Waals surface area contributed by atoms with Crippen molar-refractivity contribution >= 4 is 17.4 Å². The van der Waals surface area contributed by atoms with Crippen molar-refractivity contribution in [1.82, 2.24) is 14.8 Å². The Bertz CT molecular complexity index is 920. The summed E-state index contributed by atoms with van der Waals surface area (Å²) in [6, 6.07) is 11.3. The van der Waals surface area contributed by atoms with Crippen LogP contribution in [0.3, 0.4) is 0 Å². The molecule has 0 spiro atoms. The van der Waals surface area contributed by atoms with E-state index in [1.807, 2.05) is 48.2 Å². The number of amides is 2. The molecule has 0 aliphatic carbocycles. The number of carbonyl (C=O) groups is 2. The number of imide groups is 1. The van der Waals surface area contributed by atoms with Gasteiger partial charge in [-0.3, -0.25) is 19.5 Å². The number of ether oxygens (including phenoxy) is 1. The van der Waals surface area contributed by atoms with Crippen molar-refractivity contribution in [2.24, 2.45) is 5.92 Å². The first-order valence-corrected chi connectivity index (χ1v) is 10.4. The van der Waals surface area contributed by atoms with Crippen molar-refractivity contribution in [3.8, 4) is 5.75 Å². The van der Waals surface area contributed by atoms with Gasteiger partial charge in [0.25, 0.3) is 11.8 Å². The molecule has 158 valence electrons. The van der Waals surface area contributed by atoms with Crippen LogP contribution in [-0.2, 0) is 16.0 Å². The molecule has 1 aromatic heterocycles. The van der Waals surface area contributed by atoms with E-state index in [2.05, 4.69) is 18.8 Å². The molecule has 30 heavy (non-hydrogen) atoms. The third kappa shape index (κ3) is 4.70. The van der Waals surface area contributed by atoms with Crippen LogP contribution < -0.4 is 4.74 Å².